The number of hydrogen-bond donors (Lipinski definition) is 1. The normalized spacial score (nSPS) is 14.5. The number of halogens is 3. The first-order valence-electron chi connectivity index (χ1n) is 14.8. The van der Waals surface area contributed by atoms with Crippen LogP contribution in [-0.4, -0.2) is 50.0 Å². The van der Waals surface area contributed by atoms with Crippen molar-refractivity contribution in [2.45, 2.75) is 70.0 Å². The SMILES string of the molecule is CS(=O)(=O)N(CCCC(=O)N(Cc1ccc(Cl)cc1)[C@H](Cc1ccccc1)C(=O)NC1CCCCC1)c1ccc(F)c(F)c1. The molecule has 3 aromatic carbocycles. The fraction of sp³-hybridized carbons (Fsp3) is 0.394. The van der Waals surface area contributed by atoms with Gasteiger partial charge in [0.05, 0.1) is 11.9 Å². The van der Waals surface area contributed by atoms with Crippen molar-refractivity contribution in [2.75, 3.05) is 17.1 Å². The number of carbonyl (C=O) groups excluding carboxylic acids is 2. The van der Waals surface area contributed by atoms with Crippen molar-refractivity contribution in [1.82, 2.24) is 10.2 Å². The largest absolute Gasteiger partial charge is 0.352 e. The third-order valence-corrected chi connectivity index (χ3v) is 9.28. The van der Waals surface area contributed by atoms with Gasteiger partial charge in [-0.25, -0.2) is 17.2 Å². The Bertz CT molecular complexity index is 1520. The molecule has 4 rings (SSSR count). The van der Waals surface area contributed by atoms with Gasteiger partial charge in [-0.2, -0.15) is 0 Å². The Morgan fingerprint density at radius 3 is 2.25 bits per heavy atom. The lowest BCUT2D eigenvalue weighted by molar-refractivity contribution is -0.141. The van der Waals surface area contributed by atoms with E-state index in [9.17, 15) is 26.8 Å². The Balaban J connectivity index is 1.59. The molecule has 0 bridgehead atoms. The average Bonchev–Trinajstić information content (AvgIpc) is 3.00. The first-order chi connectivity index (χ1) is 21.0. The molecule has 1 atom stereocenters. The highest BCUT2D eigenvalue weighted by molar-refractivity contribution is 7.92. The van der Waals surface area contributed by atoms with Crippen LogP contribution in [0.1, 0.15) is 56.1 Å². The smallest absolute Gasteiger partial charge is 0.243 e. The quantitative estimate of drug-likeness (QED) is 0.238. The van der Waals surface area contributed by atoms with Gasteiger partial charge in [-0.15, -0.1) is 0 Å². The van der Waals surface area contributed by atoms with E-state index in [1.54, 1.807) is 29.2 Å². The van der Waals surface area contributed by atoms with Crippen molar-refractivity contribution >= 4 is 39.1 Å². The molecule has 0 aromatic heterocycles. The van der Waals surface area contributed by atoms with Gasteiger partial charge < -0.3 is 10.2 Å². The van der Waals surface area contributed by atoms with Gasteiger partial charge >= 0.3 is 0 Å². The van der Waals surface area contributed by atoms with Crippen LogP contribution < -0.4 is 9.62 Å². The van der Waals surface area contributed by atoms with Crippen molar-refractivity contribution in [2.24, 2.45) is 0 Å². The summed E-state index contributed by atoms with van der Waals surface area (Å²) in [5.41, 5.74) is 1.64. The summed E-state index contributed by atoms with van der Waals surface area (Å²) in [5.74, 6) is -2.83. The van der Waals surface area contributed by atoms with E-state index in [1.807, 2.05) is 30.3 Å². The van der Waals surface area contributed by atoms with E-state index in [1.165, 1.54) is 6.07 Å². The van der Waals surface area contributed by atoms with E-state index >= 15 is 0 Å². The number of anilines is 1. The molecule has 1 fully saturated rings. The van der Waals surface area contributed by atoms with Crippen molar-refractivity contribution in [1.29, 1.82) is 0 Å². The first kappa shape index (κ1) is 33.4. The van der Waals surface area contributed by atoms with E-state index in [0.29, 0.717) is 11.4 Å². The van der Waals surface area contributed by atoms with Gasteiger partial charge in [0.2, 0.25) is 21.8 Å². The van der Waals surface area contributed by atoms with Crippen LogP contribution in [0.2, 0.25) is 5.02 Å². The molecule has 0 spiro atoms. The van der Waals surface area contributed by atoms with Crippen molar-refractivity contribution in [3.05, 3.63) is 101 Å². The summed E-state index contributed by atoms with van der Waals surface area (Å²) < 4.78 is 53.5. The highest BCUT2D eigenvalue weighted by Gasteiger charge is 2.32. The van der Waals surface area contributed by atoms with Crippen LogP contribution in [0.25, 0.3) is 0 Å². The zero-order valence-corrected chi connectivity index (χ0v) is 26.3. The lowest BCUT2D eigenvalue weighted by atomic mass is 9.94. The van der Waals surface area contributed by atoms with Gasteiger partial charge in [0.1, 0.15) is 6.04 Å². The van der Waals surface area contributed by atoms with Gasteiger partial charge in [-0.1, -0.05) is 73.3 Å². The van der Waals surface area contributed by atoms with Crippen LogP contribution in [0.4, 0.5) is 14.5 Å². The first-order valence-corrected chi connectivity index (χ1v) is 17.0. The molecule has 0 heterocycles. The maximum Gasteiger partial charge on any atom is 0.243 e. The molecule has 236 valence electrons. The predicted molar refractivity (Wildman–Crippen MR) is 169 cm³/mol. The molecule has 0 aliphatic heterocycles. The minimum absolute atomic E-state index is 0.0364. The molecule has 1 N–H and O–H groups in total. The van der Waals surface area contributed by atoms with Crippen LogP contribution in [0, 0.1) is 11.6 Å². The number of benzene rings is 3. The number of sulfonamides is 1. The Morgan fingerprint density at radius 1 is 0.932 bits per heavy atom. The van der Waals surface area contributed by atoms with Crippen LogP contribution in [-0.2, 0) is 32.6 Å². The number of nitrogens with zero attached hydrogens (tertiary/aromatic N) is 2. The molecule has 2 amide bonds. The zero-order chi connectivity index (χ0) is 31.7. The van der Waals surface area contributed by atoms with Crippen LogP contribution >= 0.6 is 11.6 Å². The Kier molecular flexibility index (Phi) is 11.7. The molecule has 0 unspecified atom stereocenters. The summed E-state index contributed by atoms with van der Waals surface area (Å²) >= 11 is 6.10. The monoisotopic (exact) mass is 645 g/mol. The molecule has 1 aliphatic rings. The van der Waals surface area contributed by atoms with E-state index in [4.69, 9.17) is 11.6 Å². The summed E-state index contributed by atoms with van der Waals surface area (Å²) in [6.07, 6.45) is 6.26. The molecule has 3 aromatic rings. The topological polar surface area (TPSA) is 86.8 Å². The molecule has 11 heteroatoms. The fourth-order valence-corrected chi connectivity index (χ4v) is 6.61. The van der Waals surface area contributed by atoms with Crippen LogP contribution in [0.3, 0.4) is 0 Å². The summed E-state index contributed by atoms with van der Waals surface area (Å²) in [5, 5.41) is 3.73. The number of amides is 2. The lowest BCUT2D eigenvalue weighted by Gasteiger charge is -2.34. The summed E-state index contributed by atoms with van der Waals surface area (Å²) in [7, 11) is -3.86. The Labute approximate surface area is 263 Å². The predicted octanol–water partition coefficient (Wildman–Crippen LogP) is 6.25. The van der Waals surface area contributed by atoms with E-state index in [-0.39, 0.29) is 49.5 Å². The summed E-state index contributed by atoms with van der Waals surface area (Å²) in [4.78, 5) is 29.4. The maximum absolute atomic E-state index is 14.0. The molecule has 0 saturated heterocycles. The second-order valence-corrected chi connectivity index (χ2v) is 13.6. The Hall–Kier alpha value is -3.50. The van der Waals surface area contributed by atoms with Gasteiger partial charge in [-0.3, -0.25) is 13.9 Å². The Morgan fingerprint density at radius 2 is 1.61 bits per heavy atom. The standard InChI is InChI=1S/C33H38ClF2N3O4S/c1-44(42,43)39(28-18-19-29(35)30(36)22-28)20-8-13-32(40)38(23-25-14-16-26(34)17-15-25)31(21-24-9-4-2-5-10-24)33(41)37-27-11-6-3-7-12-27/h2,4-5,9-10,14-19,22,27,31H,3,6-8,11-13,20-21,23H2,1H3,(H,37,41)/t31-/m1/s1. The van der Waals surface area contributed by atoms with Gasteiger partial charge in [0.15, 0.2) is 11.6 Å². The second kappa shape index (κ2) is 15.5. The van der Waals surface area contributed by atoms with E-state index < -0.39 is 27.7 Å². The highest BCUT2D eigenvalue weighted by Crippen LogP contribution is 2.23. The molecule has 7 nitrogen and oxygen atoms in total. The molecule has 1 aliphatic carbocycles. The van der Waals surface area contributed by atoms with Crippen LogP contribution in [0.15, 0.2) is 72.8 Å². The third-order valence-electron chi connectivity index (χ3n) is 7.83. The number of nitrogens with one attached hydrogen (secondary N) is 1. The van der Waals surface area contributed by atoms with Crippen molar-refractivity contribution < 1.29 is 26.8 Å². The van der Waals surface area contributed by atoms with Gasteiger partial charge in [-0.05, 0) is 54.7 Å². The molecule has 44 heavy (non-hydrogen) atoms. The van der Waals surface area contributed by atoms with Crippen molar-refractivity contribution in [3.63, 3.8) is 0 Å². The fourth-order valence-electron chi connectivity index (χ4n) is 5.53. The van der Waals surface area contributed by atoms with E-state index in [0.717, 1.165) is 65.9 Å². The highest BCUT2D eigenvalue weighted by atomic mass is 35.5. The number of rotatable bonds is 13. The zero-order valence-electron chi connectivity index (χ0n) is 24.7. The average molecular weight is 646 g/mol. The summed E-state index contributed by atoms with van der Waals surface area (Å²) in [6.45, 7) is 0.00655. The van der Waals surface area contributed by atoms with E-state index in [2.05, 4.69) is 5.32 Å². The lowest BCUT2D eigenvalue weighted by Crippen LogP contribution is -2.52. The summed E-state index contributed by atoms with van der Waals surface area (Å²) in [6, 6.07) is 18.6. The molecular formula is C33H38ClF2N3O4S. The number of hydrogen-bond acceptors (Lipinski definition) is 4. The third kappa shape index (κ3) is 9.50. The number of carbonyl (C=O) groups is 2. The van der Waals surface area contributed by atoms with Gasteiger partial charge in [0, 0.05) is 43.1 Å². The minimum Gasteiger partial charge on any atom is -0.352 e. The molecule has 0 radical (unpaired) electrons. The maximum atomic E-state index is 14.0. The van der Waals surface area contributed by atoms with Gasteiger partial charge in [0.25, 0.3) is 0 Å². The second-order valence-electron chi connectivity index (χ2n) is 11.2. The van der Waals surface area contributed by atoms with Crippen LogP contribution in [0.5, 0.6) is 0 Å². The minimum atomic E-state index is -3.86. The molecular weight excluding hydrogens is 608 g/mol. The molecule has 1 saturated carbocycles. The van der Waals surface area contributed by atoms with Crippen molar-refractivity contribution in [3.8, 4) is 0 Å².